The third-order valence-electron chi connectivity index (χ3n) is 4.32. The van der Waals surface area contributed by atoms with Gasteiger partial charge >= 0.3 is 0 Å². The molecule has 1 saturated heterocycles. The highest BCUT2D eigenvalue weighted by atomic mass is 32.1. The Morgan fingerprint density at radius 3 is 2.48 bits per heavy atom. The fraction of sp³-hybridized carbons (Fsp3) is 0.300. The minimum atomic E-state index is -0.514. The maximum atomic E-state index is 12.4. The Morgan fingerprint density at radius 2 is 1.85 bits per heavy atom. The molecule has 1 fully saturated rings. The van der Waals surface area contributed by atoms with Gasteiger partial charge in [0, 0.05) is 43.7 Å². The van der Waals surface area contributed by atoms with E-state index in [1.165, 1.54) is 4.88 Å². The van der Waals surface area contributed by atoms with Crippen molar-refractivity contribution in [1.29, 1.82) is 0 Å². The maximum Gasteiger partial charge on any atom is 0.255 e. The highest BCUT2D eigenvalue weighted by molar-refractivity contribution is 7.09. The zero-order valence-electron chi connectivity index (χ0n) is 15.0. The summed E-state index contributed by atoms with van der Waals surface area (Å²) < 4.78 is 5.21. The van der Waals surface area contributed by atoms with Crippen LogP contribution in [-0.2, 0) is 16.1 Å². The van der Waals surface area contributed by atoms with Crippen LogP contribution in [0.2, 0.25) is 0 Å². The second-order valence-corrected chi connectivity index (χ2v) is 7.37. The molecule has 2 aromatic rings. The number of primary amides is 1. The van der Waals surface area contributed by atoms with Gasteiger partial charge in [-0.1, -0.05) is 18.2 Å². The lowest BCUT2D eigenvalue weighted by molar-refractivity contribution is -0.127. The van der Waals surface area contributed by atoms with Gasteiger partial charge in [0.1, 0.15) is 5.75 Å². The van der Waals surface area contributed by atoms with Gasteiger partial charge in [0.05, 0.1) is 0 Å². The van der Waals surface area contributed by atoms with Crippen LogP contribution in [0.3, 0.4) is 0 Å². The molecule has 0 unspecified atom stereocenters. The number of thiophene rings is 1. The first-order valence-corrected chi connectivity index (χ1v) is 9.71. The van der Waals surface area contributed by atoms with E-state index in [4.69, 9.17) is 10.5 Å². The summed E-state index contributed by atoms with van der Waals surface area (Å²) in [6.07, 6.45) is 3.40. The first kappa shape index (κ1) is 19.1. The Kier molecular flexibility index (Phi) is 6.62. The summed E-state index contributed by atoms with van der Waals surface area (Å²) in [4.78, 5) is 28.7. The number of nitrogens with zero attached hydrogens (tertiary/aromatic N) is 2. The SMILES string of the molecule is NC(=O)COc1ccc(/C=C/C(=O)N2CCN(Cc3cccs3)CC2)cc1. The second kappa shape index (κ2) is 9.34. The minimum absolute atomic E-state index is 0.0276. The van der Waals surface area contributed by atoms with Gasteiger partial charge in [-0.15, -0.1) is 11.3 Å². The molecule has 1 aromatic carbocycles. The average Bonchev–Trinajstić information content (AvgIpc) is 3.19. The molecule has 1 aromatic heterocycles. The molecular weight excluding hydrogens is 362 g/mol. The zero-order chi connectivity index (χ0) is 19.1. The number of rotatable bonds is 7. The normalized spacial score (nSPS) is 15.2. The second-order valence-electron chi connectivity index (χ2n) is 6.34. The fourth-order valence-electron chi connectivity index (χ4n) is 2.85. The Morgan fingerprint density at radius 1 is 1.11 bits per heavy atom. The van der Waals surface area contributed by atoms with Crippen molar-refractivity contribution in [3.05, 3.63) is 58.3 Å². The quantitative estimate of drug-likeness (QED) is 0.740. The lowest BCUT2D eigenvalue weighted by atomic mass is 10.2. The number of ether oxygens (including phenoxy) is 1. The molecule has 0 spiro atoms. The summed E-state index contributed by atoms with van der Waals surface area (Å²) in [5.74, 6) is 0.0824. The fourth-order valence-corrected chi connectivity index (χ4v) is 3.60. The molecule has 0 saturated carbocycles. The number of piperazine rings is 1. The summed E-state index contributed by atoms with van der Waals surface area (Å²) >= 11 is 1.77. The first-order valence-electron chi connectivity index (χ1n) is 8.83. The highest BCUT2D eigenvalue weighted by Gasteiger charge is 2.19. The van der Waals surface area contributed by atoms with Gasteiger partial charge in [-0.2, -0.15) is 0 Å². The van der Waals surface area contributed by atoms with Crippen molar-refractivity contribution in [1.82, 2.24) is 9.80 Å². The van der Waals surface area contributed by atoms with Gasteiger partial charge in [0.2, 0.25) is 5.91 Å². The molecule has 2 amide bonds. The van der Waals surface area contributed by atoms with Crippen molar-refractivity contribution in [3.63, 3.8) is 0 Å². The van der Waals surface area contributed by atoms with Gasteiger partial charge in [-0.05, 0) is 35.2 Å². The zero-order valence-corrected chi connectivity index (χ0v) is 15.9. The predicted molar refractivity (Wildman–Crippen MR) is 106 cm³/mol. The number of benzene rings is 1. The Hall–Kier alpha value is -2.64. The lowest BCUT2D eigenvalue weighted by Crippen LogP contribution is -2.47. The van der Waals surface area contributed by atoms with Crippen LogP contribution in [0, 0.1) is 0 Å². The van der Waals surface area contributed by atoms with Crippen molar-refractivity contribution < 1.29 is 14.3 Å². The Labute approximate surface area is 162 Å². The molecule has 27 heavy (non-hydrogen) atoms. The molecule has 0 aliphatic carbocycles. The number of nitrogens with two attached hydrogens (primary N) is 1. The molecule has 2 N–H and O–H groups in total. The molecule has 1 aliphatic heterocycles. The van der Waals surface area contributed by atoms with Crippen molar-refractivity contribution >= 4 is 29.2 Å². The number of amides is 2. The van der Waals surface area contributed by atoms with Crippen molar-refractivity contribution in [2.75, 3.05) is 32.8 Å². The van der Waals surface area contributed by atoms with Crippen LogP contribution in [0.15, 0.2) is 47.9 Å². The summed E-state index contributed by atoms with van der Waals surface area (Å²) in [6.45, 7) is 4.08. The van der Waals surface area contributed by atoms with E-state index in [1.54, 1.807) is 35.6 Å². The van der Waals surface area contributed by atoms with Crippen LogP contribution >= 0.6 is 11.3 Å². The molecule has 2 heterocycles. The molecule has 0 radical (unpaired) electrons. The van der Waals surface area contributed by atoms with E-state index in [0.29, 0.717) is 5.75 Å². The maximum absolute atomic E-state index is 12.4. The summed E-state index contributed by atoms with van der Waals surface area (Å²) in [5, 5.41) is 2.09. The predicted octanol–water partition coefficient (Wildman–Crippen LogP) is 1.97. The number of carbonyl (C=O) groups is 2. The van der Waals surface area contributed by atoms with Crippen LogP contribution < -0.4 is 10.5 Å². The van der Waals surface area contributed by atoms with Gasteiger partial charge in [-0.25, -0.2) is 0 Å². The van der Waals surface area contributed by atoms with Crippen molar-refractivity contribution in [3.8, 4) is 5.75 Å². The van der Waals surface area contributed by atoms with E-state index >= 15 is 0 Å². The molecule has 3 rings (SSSR count). The largest absolute Gasteiger partial charge is 0.484 e. The van der Waals surface area contributed by atoms with Crippen LogP contribution in [0.25, 0.3) is 6.08 Å². The standard InChI is InChI=1S/C20H23N3O3S/c21-19(24)15-26-17-6-3-16(4-7-17)5-8-20(25)23-11-9-22(10-12-23)14-18-2-1-13-27-18/h1-8,13H,9-12,14-15H2,(H2,21,24)/b8-5+. The Balaban J connectivity index is 1.45. The molecule has 7 heteroatoms. The number of hydrogen-bond donors (Lipinski definition) is 1. The first-order chi connectivity index (χ1) is 13.1. The van der Waals surface area contributed by atoms with E-state index in [-0.39, 0.29) is 12.5 Å². The number of hydrogen-bond acceptors (Lipinski definition) is 5. The summed E-state index contributed by atoms with van der Waals surface area (Å²) in [7, 11) is 0. The van der Waals surface area contributed by atoms with Crippen molar-refractivity contribution in [2.24, 2.45) is 5.73 Å². The molecular formula is C20H23N3O3S. The molecule has 0 atom stereocenters. The van der Waals surface area contributed by atoms with E-state index in [0.717, 1.165) is 38.3 Å². The van der Waals surface area contributed by atoms with E-state index in [2.05, 4.69) is 22.4 Å². The van der Waals surface area contributed by atoms with Gasteiger partial charge in [0.25, 0.3) is 5.91 Å². The van der Waals surface area contributed by atoms with Gasteiger partial charge in [0.15, 0.2) is 6.61 Å². The van der Waals surface area contributed by atoms with E-state index < -0.39 is 5.91 Å². The van der Waals surface area contributed by atoms with E-state index in [9.17, 15) is 9.59 Å². The average molecular weight is 385 g/mol. The number of carbonyl (C=O) groups excluding carboxylic acids is 2. The summed E-state index contributed by atoms with van der Waals surface area (Å²) in [6, 6.07) is 11.4. The topological polar surface area (TPSA) is 75.9 Å². The van der Waals surface area contributed by atoms with Gasteiger partial charge in [-0.3, -0.25) is 14.5 Å². The van der Waals surface area contributed by atoms with Crippen LogP contribution in [0.5, 0.6) is 5.75 Å². The highest BCUT2D eigenvalue weighted by Crippen LogP contribution is 2.15. The van der Waals surface area contributed by atoms with Gasteiger partial charge < -0.3 is 15.4 Å². The van der Waals surface area contributed by atoms with Crippen molar-refractivity contribution in [2.45, 2.75) is 6.54 Å². The molecule has 0 bridgehead atoms. The minimum Gasteiger partial charge on any atom is -0.484 e. The smallest absolute Gasteiger partial charge is 0.255 e. The third kappa shape index (κ3) is 5.94. The summed E-state index contributed by atoms with van der Waals surface area (Å²) in [5.41, 5.74) is 5.94. The monoisotopic (exact) mass is 385 g/mol. The van der Waals surface area contributed by atoms with Crippen LogP contribution in [-0.4, -0.2) is 54.4 Å². The molecule has 1 aliphatic rings. The van der Waals surface area contributed by atoms with E-state index in [1.807, 2.05) is 17.0 Å². The Bertz CT molecular complexity index is 779. The molecule has 142 valence electrons. The third-order valence-corrected chi connectivity index (χ3v) is 5.18. The van der Waals surface area contributed by atoms with Crippen LogP contribution in [0.1, 0.15) is 10.4 Å². The van der Waals surface area contributed by atoms with Crippen LogP contribution in [0.4, 0.5) is 0 Å². The molecule has 6 nitrogen and oxygen atoms in total. The lowest BCUT2D eigenvalue weighted by Gasteiger charge is -2.33.